The number of methoxy groups -OCH3 is 1. The number of hydrogen-bond donors (Lipinski definition) is 0. The van der Waals surface area contributed by atoms with Crippen molar-refractivity contribution in [3.8, 4) is 17.4 Å². The third-order valence-corrected chi connectivity index (χ3v) is 3.32. The molecule has 1 heterocycles. The quantitative estimate of drug-likeness (QED) is 0.665. The summed E-state index contributed by atoms with van der Waals surface area (Å²) < 4.78 is 10.9. The van der Waals surface area contributed by atoms with Gasteiger partial charge in [-0.15, -0.1) is 0 Å². The van der Waals surface area contributed by atoms with E-state index in [4.69, 9.17) is 9.47 Å². The second-order valence-electron chi connectivity index (χ2n) is 4.83. The summed E-state index contributed by atoms with van der Waals surface area (Å²) in [6.07, 6.45) is 1.64. The summed E-state index contributed by atoms with van der Waals surface area (Å²) in [6.45, 7) is 0. The van der Waals surface area contributed by atoms with Gasteiger partial charge in [0.25, 0.3) is 0 Å². The van der Waals surface area contributed by atoms with Crippen molar-refractivity contribution < 1.29 is 14.3 Å². The first-order chi connectivity index (χ1) is 11.3. The van der Waals surface area contributed by atoms with Crippen LogP contribution in [0.4, 0.5) is 0 Å². The van der Waals surface area contributed by atoms with Crippen LogP contribution in [-0.4, -0.2) is 17.9 Å². The minimum Gasteiger partial charge on any atom is -0.497 e. The first kappa shape index (κ1) is 14.8. The number of carbonyl (C=O) groups excluding carboxylic acids is 1. The number of rotatable bonds is 5. The maximum Gasteiger partial charge on any atom is 0.219 e. The third-order valence-electron chi connectivity index (χ3n) is 3.32. The Hall–Kier alpha value is -3.14. The highest BCUT2D eigenvalue weighted by molar-refractivity contribution is 6.10. The van der Waals surface area contributed by atoms with Gasteiger partial charge in [0.2, 0.25) is 5.88 Å². The number of ketones is 1. The fraction of sp³-hybridized carbons (Fsp3) is 0.0526. The fourth-order valence-corrected chi connectivity index (χ4v) is 2.18. The van der Waals surface area contributed by atoms with Crippen molar-refractivity contribution in [2.24, 2.45) is 0 Å². The molecule has 0 saturated carbocycles. The zero-order valence-corrected chi connectivity index (χ0v) is 12.6. The SMILES string of the molecule is COc1cccc(C(=O)c2ccccc2Oc2ccccn2)c1. The molecule has 2 aromatic carbocycles. The minimum atomic E-state index is -0.129. The molecule has 23 heavy (non-hydrogen) atoms. The molecule has 0 spiro atoms. The van der Waals surface area contributed by atoms with Gasteiger partial charge in [0.05, 0.1) is 12.7 Å². The molecule has 3 aromatic rings. The van der Waals surface area contributed by atoms with Crippen molar-refractivity contribution in [3.05, 3.63) is 84.1 Å². The Morgan fingerprint density at radius 3 is 2.57 bits per heavy atom. The molecular formula is C19H15NO3. The van der Waals surface area contributed by atoms with Crippen molar-refractivity contribution >= 4 is 5.78 Å². The number of ether oxygens (including phenoxy) is 2. The predicted octanol–water partition coefficient (Wildman–Crippen LogP) is 4.11. The van der Waals surface area contributed by atoms with E-state index in [1.165, 1.54) is 0 Å². The zero-order chi connectivity index (χ0) is 16.1. The zero-order valence-electron chi connectivity index (χ0n) is 12.6. The molecule has 114 valence electrons. The lowest BCUT2D eigenvalue weighted by molar-refractivity contribution is 0.103. The minimum absolute atomic E-state index is 0.129. The van der Waals surface area contributed by atoms with Gasteiger partial charge in [-0.1, -0.05) is 30.3 Å². The highest BCUT2D eigenvalue weighted by Gasteiger charge is 2.15. The van der Waals surface area contributed by atoms with Gasteiger partial charge >= 0.3 is 0 Å². The Morgan fingerprint density at radius 1 is 0.957 bits per heavy atom. The number of carbonyl (C=O) groups is 1. The van der Waals surface area contributed by atoms with Crippen LogP contribution in [0.5, 0.6) is 17.4 Å². The van der Waals surface area contributed by atoms with E-state index in [1.807, 2.05) is 12.1 Å². The van der Waals surface area contributed by atoms with Crippen molar-refractivity contribution in [1.82, 2.24) is 4.98 Å². The Balaban J connectivity index is 1.94. The molecule has 0 aliphatic carbocycles. The predicted molar refractivity (Wildman–Crippen MR) is 87.2 cm³/mol. The molecule has 0 fully saturated rings. The summed E-state index contributed by atoms with van der Waals surface area (Å²) in [7, 11) is 1.57. The number of para-hydroxylation sites is 1. The largest absolute Gasteiger partial charge is 0.497 e. The van der Waals surface area contributed by atoms with Crippen molar-refractivity contribution in [2.45, 2.75) is 0 Å². The van der Waals surface area contributed by atoms with Gasteiger partial charge in [0.1, 0.15) is 11.5 Å². The highest BCUT2D eigenvalue weighted by Crippen LogP contribution is 2.26. The van der Waals surface area contributed by atoms with Crippen molar-refractivity contribution in [2.75, 3.05) is 7.11 Å². The Bertz CT molecular complexity index is 816. The van der Waals surface area contributed by atoms with Gasteiger partial charge < -0.3 is 9.47 Å². The topological polar surface area (TPSA) is 48.4 Å². The van der Waals surface area contributed by atoms with Crippen LogP contribution in [0.25, 0.3) is 0 Å². The lowest BCUT2D eigenvalue weighted by Crippen LogP contribution is -2.04. The standard InChI is InChI=1S/C19H15NO3/c1-22-15-8-6-7-14(13-15)19(21)16-9-2-3-10-17(16)23-18-11-4-5-12-20-18/h2-13H,1H3. The summed E-state index contributed by atoms with van der Waals surface area (Å²) in [5.41, 5.74) is 1.02. The summed E-state index contributed by atoms with van der Waals surface area (Å²) in [4.78, 5) is 16.9. The number of hydrogen-bond acceptors (Lipinski definition) is 4. The molecule has 0 amide bonds. The summed E-state index contributed by atoms with van der Waals surface area (Å²) in [6, 6.07) is 19.5. The van der Waals surface area contributed by atoms with Crippen LogP contribution < -0.4 is 9.47 Å². The number of nitrogens with zero attached hydrogens (tertiary/aromatic N) is 1. The molecule has 0 saturated heterocycles. The van der Waals surface area contributed by atoms with Crippen LogP contribution in [0, 0.1) is 0 Å². The van der Waals surface area contributed by atoms with Crippen molar-refractivity contribution in [3.63, 3.8) is 0 Å². The summed E-state index contributed by atoms with van der Waals surface area (Å²) in [5.74, 6) is 1.42. The molecule has 4 heteroatoms. The molecule has 0 aliphatic heterocycles. The average molecular weight is 305 g/mol. The number of benzene rings is 2. The van der Waals surface area contributed by atoms with Gasteiger partial charge in [0.15, 0.2) is 5.78 Å². The van der Waals surface area contributed by atoms with Gasteiger partial charge in [-0.05, 0) is 30.3 Å². The molecular weight excluding hydrogens is 290 g/mol. The molecule has 0 bridgehead atoms. The van der Waals surface area contributed by atoms with E-state index in [2.05, 4.69) is 4.98 Å². The van der Waals surface area contributed by atoms with Gasteiger partial charge in [-0.2, -0.15) is 0 Å². The van der Waals surface area contributed by atoms with Gasteiger partial charge in [-0.3, -0.25) is 4.79 Å². The van der Waals surface area contributed by atoms with Gasteiger partial charge in [0, 0.05) is 17.8 Å². The third kappa shape index (κ3) is 3.37. The molecule has 1 aromatic heterocycles. The molecule has 0 radical (unpaired) electrons. The average Bonchev–Trinajstić information content (AvgIpc) is 2.62. The van der Waals surface area contributed by atoms with E-state index in [-0.39, 0.29) is 5.78 Å². The smallest absolute Gasteiger partial charge is 0.219 e. The molecule has 4 nitrogen and oxygen atoms in total. The van der Waals surface area contributed by atoms with E-state index in [9.17, 15) is 4.79 Å². The van der Waals surface area contributed by atoms with Crippen LogP contribution in [0.15, 0.2) is 72.9 Å². The fourth-order valence-electron chi connectivity index (χ4n) is 2.18. The first-order valence-corrected chi connectivity index (χ1v) is 7.14. The Labute approximate surface area is 134 Å². The maximum atomic E-state index is 12.8. The molecule has 0 unspecified atom stereocenters. The second kappa shape index (κ2) is 6.75. The number of pyridine rings is 1. The Morgan fingerprint density at radius 2 is 1.78 bits per heavy atom. The van der Waals surface area contributed by atoms with E-state index in [0.717, 1.165) is 0 Å². The van der Waals surface area contributed by atoms with Crippen LogP contribution in [0.1, 0.15) is 15.9 Å². The Kier molecular flexibility index (Phi) is 4.34. The lowest BCUT2D eigenvalue weighted by atomic mass is 10.0. The van der Waals surface area contributed by atoms with Crippen LogP contribution >= 0.6 is 0 Å². The second-order valence-corrected chi connectivity index (χ2v) is 4.83. The molecule has 0 N–H and O–H groups in total. The molecule has 0 aliphatic rings. The van der Waals surface area contributed by atoms with Gasteiger partial charge in [-0.25, -0.2) is 4.98 Å². The summed E-state index contributed by atoms with van der Waals surface area (Å²) >= 11 is 0. The molecule has 3 rings (SSSR count). The maximum absolute atomic E-state index is 12.8. The summed E-state index contributed by atoms with van der Waals surface area (Å²) in [5, 5.41) is 0. The lowest BCUT2D eigenvalue weighted by Gasteiger charge is -2.10. The van der Waals surface area contributed by atoms with Crippen LogP contribution in [-0.2, 0) is 0 Å². The monoisotopic (exact) mass is 305 g/mol. The first-order valence-electron chi connectivity index (χ1n) is 7.14. The normalized spacial score (nSPS) is 10.1. The highest BCUT2D eigenvalue weighted by atomic mass is 16.5. The van der Waals surface area contributed by atoms with Crippen LogP contribution in [0.3, 0.4) is 0 Å². The van der Waals surface area contributed by atoms with E-state index < -0.39 is 0 Å². The molecule has 0 atom stereocenters. The van der Waals surface area contributed by atoms with Crippen LogP contribution in [0.2, 0.25) is 0 Å². The number of aromatic nitrogens is 1. The van der Waals surface area contributed by atoms with Crippen molar-refractivity contribution in [1.29, 1.82) is 0 Å². The van der Waals surface area contributed by atoms with E-state index >= 15 is 0 Å². The van der Waals surface area contributed by atoms with E-state index in [0.29, 0.717) is 28.5 Å². The van der Waals surface area contributed by atoms with E-state index in [1.54, 1.807) is 67.9 Å².